The quantitative estimate of drug-likeness (QED) is 0.192. The molecule has 0 fully saturated rings. The zero-order chi connectivity index (χ0) is 30.6. The largest absolute Gasteiger partial charge is 0.192 e. The average molecular weight is 620 g/mol. The van der Waals surface area contributed by atoms with Gasteiger partial charge in [-0.05, 0) is 80.9 Å². The molecule has 9 aromatic rings. The van der Waals surface area contributed by atoms with E-state index in [1.165, 1.54) is 62.6 Å². The minimum Gasteiger partial charge on any atom is -0.192 e. The van der Waals surface area contributed by atoms with Crippen molar-refractivity contribution in [3.05, 3.63) is 157 Å². The molecule has 0 unspecified atom stereocenters. The first-order valence-corrected chi connectivity index (χ1v) is 16.9. The summed E-state index contributed by atoms with van der Waals surface area (Å²) < 4.78 is 5.19. The Labute approximate surface area is 274 Å². The molecule has 7 aromatic carbocycles. The third-order valence-electron chi connectivity index (χ3n) is 8.92. The molecule has 0 aliphatic carbocycles. The van der Waals surface area contributed by atoms with Gasteiger partial charge in [-0.15, -0.1) is 22.7 Å². The molecule has 9 rings (SSSR count). The Hall–Kier alpha value is -5.53. The van der Waals surface area contributed by atoms with Crippen LogP contribution in [0.3, 0.4) is 0 Å². The second-order valence-corrected chi connectivity index (χ2v) is 13.7. The summed E-state index contributed by atoms with van der Waals surface area (Å²) in [4.78, 5) is 0. The van der Waals surface area contributed by atoms with Crippen molar-refractivity contribution in [3.63, 3.8) is 0 Å². The van der Waals surface area contributed by atoms with Crippen LogP contribution in [0.15, 0.2) is 152 Å². The van der Waals surface area contributed by atoms with Gasteiger partial charge in [0.05, 0.1) is 11.6 Å². The van der Waals surface area contributed by atoms with Crippen LogP contribution in [0.5, 0.6) is 0 Å². The van der Waals surface area contributed by atoms with Crippen LogP contribution >= 0.6 is 22.7 Å². The van der Waals surface area contributed by atoms with Crippen LogP contribution in [-0.4, -0.2) is 0 Å². The normalized spacial score (nSPS) is 11.5. The lowest BCUT2D eigenvalue weighted by atomic mass is 9.90. The summed E-state index contributed by atoms with van der Waals surface area (Å²) in [6.07, 6.45) is 0. The van der Waals surface area contributed by atoms with Crippen molar-refractivity contribution in [1.29, 1.82) is 5.26 Å². The van der Waals surface area contributed by atoms with Crippen LogP contribution in [0.4, 0.5) is 0 Å². The van der Waals surface area contributed by atoms with Gasteiger partial charge in [0.1, 0.15) is 0 Å². The van der Waals surface area contributed by atoms with Crippen LogP contribution in [0.2, 0.25) is 0 Å². The van der Waals surface area contributed by atoms with E-state index in [1.54, 1.807) is 0 Å². The third kappa shape index (κ3) is 4.35. The van der Waals surface area contributed by atoms with Crippen molar-refractivity contribution in [2.24, 2.45) is 0 Å². The summed E-state index contributed by atoms with van der Waals surface area (Å²) in [7, 11) is 0. The van der Waals surface area contributed by atoms with Gasteiger partial charge in [-0.2, -0.15) is 5.26 Å². The Kier molecular flexibility index (Phi) is 6.31. The highest BCUT2D eigenvalue weighted by Gasteiger charge is 2.16. The Morgan fingerprint density at radius 2 is 0.891 bits per heavy atom. The predicted molar refractivity (Wildman–Crippen MR) is 199 cm³/mol. The highest BCUT2D eigenvalue weighted by atomic mass is 32.1. The molecule has 0 aliphatic rings. The van der Waals surface area contributed by atoms with Crippen LogP contribution in [0.25, 0.3) is 84.9 Å². The number of thiophene rings is 2. The van der Waals surface area contributed by atoms with E-state index < -0.39 is 0 Å². The van der Waals surface area contributed by atoms with Gasteiger partial charge in [-0.3, -0.25) is 0 Å². The molecule has 3 heteroatoms. The van der Waals surface area contributed by atoms with Gasteiger partial charge in [-0.25, -0.2) is 0 Å². The number of hydrogen-bond donors (Lipinski definition) is 0. The van der Waals surface area contributed by atoms with Gasteiger partial charge in [0.15, 0.2) is 0 Å². The molecule has 2 heterocycles. The highest BCUT2D eigenvalue weighted by molar-refractivity contribution is 7.26. The summed E-state index contributed by atoms with van der Waals surface area (Å²) in [5.74, 6) is 0. The predicted octanol–water partition coefficient (Wildman–Crippen LogP) is 13.0. The zero-order valence-corrected chi connectivity index (χ0v) is 26.3. The second kappa shape index (κ2) is 10.8. The van der Waals surface area contributed by atoms with E-state index in [1.807, 2.05) is 46.9 Å². The minimum atomic E-state index is 0.675. The maximum Gasteiger partial charge on any atom is 0.0998 e. The monoisotopic (exact) mass is 619 g/mol. The van der Waals surface area contributed by atoms with Gasteiger partial charge in [0.25, 0.3) is 0 Å². The van der Waals surface area contributed by atoms with Gasteiger partial charge in [-0.1, -0.05) is 115 Å². The highest BCUT2D eigenvalue weighted by Crippen LogP contribution is 2.45. The topological polar surface area (TPSA) is 23.8 Å². The lowest BCUT2D eigenvalue weighted by Crippen LogP contribution is -1.89. The van der Waals surface area contributed by atoms with Crippen molar-refractivity contribution in [3.8, 4) is 50.6 Å². The summed E-state index contributed by atoms with van der Waals surface area (Å²) in [6, 6.07) is 56.6. The van der Waals surface area contributed by atoms with Crippen LogP contribution < -0.4 is 0 Å². The number of rotatable bonds is 4. The molecule has 0 aliphatic heterocycles. The molecule has 2 aromatic heterocycles. The summed E-state index contributed by atoms with van der Waals surface area (Å²) in [5.41, 5.74) is 9.61. The van der Waals surface area contributed by atoms with E-state index in [-0.39, 0.29) is 0 Å². The molecule has 0 saturated carbocycles. The smallest absolute Gasteiger partial charge is 0.0998 e. The summed E-state index contributed by atoms with van der Waals surface area (Å²) in [5, 5.41) is 15.4. The minimum absolute atomic E-state index is 0.675. The molecule has 0 atom stereocenters. The number of fused-ring (bicyclic) bond motifs is 6. The number of nitriles is 1. The average Bonchev–Trinajstić information content (AvgIpc) is 3.70. The summed E-state index contributed by atoms with van der Waals surface area (Å²) >= 11 is 3.71. The van der Waals surface area contributed by atoms with Gasteiger partial charge < -0.3 is 0 Å². The molecule has 214 valence electrons. The fourth-order valence-corrected chi connectivity index (χ4v) is 9.22. The molecular formula is C43H25NS2. The van der Waals surface area contributed by atoms with E-state index in [9.17, 15) is 5.26 Å². The molecular weight excluding hydrogens is 595 g/mol. The lowest BCUT2D eigenvalue weighted by Gasteiger charge is -2.14. The van der Waals surface area contributed by atoms with Crippen LogP contribution in [-0.2, 0) is 0 Å². The molecule has 0 N–H and O–H groups in total. The van der Waals surface area contributed by atoms with E-state index in [4.69, 9.17) is 0 Å². The first-order valence-electron chi connectivity index (χ1n) is 15.3. The first kappa shape index (κ1) is 26.8. The second-order valence-electron chi connectivity index (χ2n) is 11.6. The molecule has 0 bridgehead atoms. The Bertz CT molecular complexity index is 2520. The molecule has 0 saturated heterocycles. The van der Waals surface area contributed by atoms with Gasteiger partial charge >= 0.3 is 0 Å². The van der Waals surface area contributed by atoms with E-state index in [0.717, 1.165) is 22.3 Å². The third-order valence-corrected chi connectivity index (χ3v) is 11.4. The van der Waals surface area contributed by atoms with Crippen molar-refractivity contribution >= 4 is 63.0 Å². The maximum absolute atomic E-state index is 10.2. The number of hydrogen-bond acceptors (Lipinski definition) is 3. The maximum atomic E-state index is 10.2. The fourth-order valence-electron chi connectivity index (χ4n) is 6.74. The molecule has 0 amide bonds. The molecule has 1 nitrogen and oxygen atoms in total. The Morgan fingerprint density at radius 3 is 1.48 bits per heavy atom. The van der Waals surface area contributed by atoms with Gasteiger partial charge in [0.2, 0.25) is 0 Å². The molecule has 0 radical (unpaired) electrons. The standard InChI is InChI=1S/C43H25NS2/c44-26-32-22-28(20-21-33(32)27-10-2-1-3-11-27)29-23-30(34-14-8-16-38-36-12-4-6-18-40(36)45-42(34)38)25-31(24-29)35-15-9-17-39-37-13-5-7-19-41(37)46-43(35)39/h1-25H. The van der Waals surface area contributed by atoms with Crippen molar-refractivity contribution in [1.82, 2.24) is 0 Å². The lowest BCUT2D eigenvalue weighted by molar-refractivity contribution is 1.47. The first-order chi connectivity index (χ1) is 22.7. The van der Waals surface area contributed by atoms with Crippen LogP contribution in [0, 0.1) is 11.3 Å². The van der Waals surface area contributed by atoms with Crippen molar-refractivity contribution in [2.75, 3.05) is 0 Å². The zero-order valence-electron chi connectivity index (χ0n) is 24.7. The van der Waals surface area contributed by atoms with E-state index in [0.29, 0.717) is 5.56 Å². The van der Waals surface area contributed by atoms with Gasteiger partial charge in [0, 0.05) is 40.3 Å². The van der Waals surface area contributed by atoms with Crippen molar-refractivity contribution < 1.29 is 0 Å². The van der Waals surface area contributed by atoms with Crippen LogP contribution in [0.1, 0.15) is 5.56 Å². The molecule has 46 heavy (non-hydrogen) atoms. The number of benzene rings is 7. The van der Waals surface area contributed by atoms with E-state index in [2.05, 4.69) is 133 Å². The molecule has 0 spiro atoms. The summed E-state index contributed by atoms with van der Waals surface area (Å²) in [6.45, 7) is 0. The fraction of sp³-hybridized carbons (Fsp3) is 0. The Morgan fingerprint density at radius 1 is 0.370 bits per heavy atom. The number of nitrogens with zero attached hydrogens (tertiary/aromatic N) is 1. The van der Waals surface area contributed by atoms with Crippen molar-refractivity contribution in [2.45, 2.75) is 0 Å². The Balaban J connectivity index is 1.30. The SMILES string of the molecule is N#Cc1cc(-c2cc(-c3cccc4c3sc3ccccc34)cc(-c3cccc4c3sc3ccccc34)c2)ccc1-c1ccccc1. The van der Waals surface area contributed by atoms with E-state index >= 15 is 0 Å².